The van der Waals surface area contributed by atoms with E-state index < -0.39 is 10.0 Å². The molecule has 3 rings (SSSR count). The van der Waals surface area contributed by atoms with Crippen molar-refractivity contribution in [2.75, 3.05) is 7.05 Å². The second-order valence-electron chi connectivity index (χ2n) is 5.80. The molecule has 0 spiro atoms. The first-order valence-electron chi connectivity index (χ1n) is 8.27. The predicted molar refractivity (Wildman–Crippen MR) is 105 cm³/mol. The maximum absolute atomic E-state index is 12.8. The minimum absolute atomic E-state index is 0.0632. The Labute approximate surface area is 158 Å². The number of rotatable bonds is 4. The smallest absolute Gasteiger partial charge is 0.284 e. The average Bonchev–Trinajstić information content (AvgIpc) is 2.73. The van der Waals surface area contributed by atoms with Gasteiger partial charge in [0.15, 0.2) is 5.84 Å². The van der Waals surface area contributed by atoms with Crippen LogP contribution in [0.3, 0.4) is 0 Å². The molecular formula is C21H18N2O3S. The molecule has 0 aliphatic heterocycles. The highest BCUT2D eigenvalue weighted by Gasteiger charge is 2.22. The van der Waals surface area contributed by atoms with E-state index in [1.807, 2.05) is 12.1 Å². The van der Waals surface area contributed by atoms with Crippen LogP contribution in [0.25, 0.3) is 0 Å². The molecule has 0 aliphatic rings. The average molecular weight is 378 g/mol. The van der Waals surface area contributed by atoms with E-state index >= 15 is 0 Å². The van der Waals surface area contributed by atoms with Crippen molar-refractivity contribution >= 4 is 21.8 Å². The van der Waals surface area contributed by atoms with Crippen LogP contribution in [0.15, 0.2) is 100 Å². The van der Waals surface area contributed by atoms with Crippen molar-refractivity contribution < 1.29 is 13.2 Å². The van der Waals surface area contributed by atoms with E-state index in [0.29, 0.717) is 11.1 Å². The van der Waals surface area contributed by atoms with Crippen molar-refractivity contribution in [1.82, 2.24) is 4.90 Å². The molecule has 0 aliphatic carbocycles. The third-order valence-electron chi connectivity index (χ3n) is 3.92. The molecule has 136 valence electrons. The fraction of sp³-hybridized carbons (Fsp3) is 0.0476. The lowest BCUT2D eigenvalue weighted by atomic mass is 10.1. The first-order chi connectivity index (χ1) is 13.0. The van der Waals surface area contributed by atoms with Crippen LogP contribution in [0.1, 0.15) is 15.9 Å². The van der Waals surface area contributed by atoms with Gasteiger partial charge >= 0.3 is 0 Å². The molecule has 0 saturated heterocycles. The number of carbonyl (C=O) groups is 1. The Morgan fingerprint density at radius 3 is 1.70 bits per heavy atom. The van der Waals surface area contributed by atoms with Gasteiger partial charge in [0.2, 0.25) is 0 Å². The molecule has 0 heterocycles. The summed E-state index contributed by atoms with van der Waals surface area (Å²) in [6.07, 6.45) is 0. The first-order valence-corrected chi connectivity index (χ1v) is 9.71. The van der Waals surface area contributed by atoms with E-state index in [1.165, 1.54) is 24.1 Å². The maximum Gasteiger partial charge on any atom is 0.284 e. The number of hydrogen-bond donors (Lipinski definition) is 0. The molecule has 3 aromatic rings. The van der Waals surface area contributed by atoms with E-state index in [2.05, 4.69) is 4.40 Å². The van der Waals surface area contributed by atoms with Crippen molar-refractivity contribution in [2.45, 2.75) is 4.90 Å². The number of amides is 1. The molecule has 0 N–H and O–H groups in total. The minimum Gasteiger partial charge on any atom is -0.295 e. The molecule has 0 fully saturated rings. The van der Waals surface area contributed by atoms with Gasteiger partial charge < -0.3 is 0 Å². The van der Waals surface area contributed by atoms with E-state index in [-0.39, 0.29) is 16.6 Å². The van der Waals surface area contributed by atoms with Gasteiger partial charge in [-0.25, -0.2) is 0 Å². The molecular weight excluding hydrogens is 360 g/mol. The summed E-state index contributed by atoms with van der Waals surface area (Å²) >= 11 is 0. The van der Waals surface area contributed by atoms with Crippen LogP contribution in [0.4, 0.5) is 0 Å². The van der Waals surface area contributed by atoms with Gasteiger partial charge in [-0.2, -0.15) is 8.42 Å². The minimum atomic E-state index is -3.97. The van der Waals surface area contributed by atoms with Gasteiger partial charge in [-0.1, -0.05) is 66.7 Å². The van der Waals surface area contributed by atoms with Crippen molar-refractivity contribution in [1.29, 1.82) is 0 Å². The summed E-state index contributed by atoms with van der Waals surface area (Å²) in [5.41, 5.74) is 0.976. The van der Waals surface area contributed by atoms with Crippen molar-refractivity contribution in [3.05, 3.63) is 102 Å². The van der Waals surface area contributed by atoms with Crippen molar-refractivity contribution in [3.63, 3.8) is 0 Å². The lowest BCUT2D eigenvalue weighted by Crippen LogP contribution is -2.34. The largest absolute Gasteiger partial charge is 0.295 e. The van der Waals surface area contributed by atoms with Gasteiger partial charge in [0.05, 0.1) is 4.90 Å². The normalized spacial score (nSPS) is 11.8. The van der Waals surface area contributed by atoms with Gasteiger partial charge in [0, 0.05) is 18.2 Å². The van der Waals surface area contributed by atoms with Crippen LogP contribution < -0.4 is 0 Å². The Hall–Kier alpha value is -3.25. The van der Waals surface area contributed by atoms with E-state index in [0.717, 1.165) is 0 Å². The van der Waals surface area contributed by atoms with Gasteiger partial charge in [-0.3, -0.25) is 9.69 Å². The van der Waals surface area contributed by atoms with Crippen molar-refractivity contribution in [3.8, 4) is 0 Å². The summed E-state index contributed by atoms with van der Waals surface area (Å²) in [4.78, 5) is 14.2. The molecule has 0 radical (unpaired) electrons. The molecule has 0 saturated carbocycles. The Bertz CT molecular complexity index is 1050. The topological polar surface area (TPSA) is 66.8 Å². The zero-order valence-electron chi connectivity index (χ0n) is 14.7. The lowest BCUT2D eigenvalue weighted by Gasteiger charge is -2.20. The zero-order chi connectivity index (χ0) is 19.3. The second kappa shape index (κ2) is 7.97. The molecule has 0 unspecified atom stereocenters. The number of nitrogens with zero attached hydrogens (tertiary/aromatic N) is 2. The van der Waals surface area contributed by atoms with Crippen LogP contribution in [0, 0.1) is 0 Å². The van der Waals surface area contributed by atoms with Crippen LogP contribution in [-0.2, 0) is 10.0 Å². The Kier molecular flexibility index (Phi) is 5.47. The fourth-order valence-electron chi connectivity index (χ4n) is 2.52. The van der Waals surface area contributed by atoms with Gasteiger partial charge in [-0.05, 0) is 24.3 Å². The second-order valence-corrected chi connectivity index (χ2v) is 7.40. The Morgan fingerprint density at radius 2 is 1.19 bits per heavy atom. The van der Waals surface area contributed by atoms with Gasteiger partial charge in [0.25, 0.3) is 15.9 Å². The summed E-state index contributed by atoms with van der Waals surface area (Å²) in [7, 11) is -2.46. The van der Waals surface area contributed by atoms with Gasteiger partial charge in [0.1, 0.15) is 0 Å². The molecule has 3 aromatic carbocycles. The highest BCUT2D eigenvalue weighted by Crippen LogP contribution is 2.16. The molecule has 27 heavy (non-hydrogen) atoms. The highest BCUT2D eigenvalue weighted by molar-refractivity contribution is 7.90. The van der Waals surface area contributed by atoms with Gasteiger partial charge in [-0.15, -0.1) is 4.40 Å². The van der Waals surface area contributed by atoms with E-state index in [4.69, 9.17) is 0 Å². The highest BCUT2D eigenvalue weighted by atomic mass is 32.2. The summed E-state index contributed by atoms with van der Waals surface area (Å²) in [5, 5.41) is 0. The predicted octanol–water partition coefficient (Wildman–Crippen LogP) is 3.59. The van der Waals surface area contributed by atoms with Crippen LogP contribution in [0.5, 0.6) is 0 Å². The van der Waals surface area contributed by atoms with Crippen LogP contribution in [-0.4, -0.2) is 32.1 Å². The molecule has 0 atom stereocenters. The summed E-state index contributed by atoms with van der Waals surface area (Å²) < 4.78 is 29.5. The van der Waals surface area contributed by atoms with E-state index in [9.17, 15) is 13.2 Å². The molecule has 5 nitrogen and oxygen atoms in total. The third-order valence-corrected chi connectivity index (χ3v) is 5.20. The first kappa shape index (κ1) is 18.5. The van der Waals surface area contributed by atoms with E-state index in [1.54, 1.807) is 66.7 Å². The molecule has 0 bridgehead atoms. The maximum atomic E-state index is 12.8. The summed E-state index contributed by atoms with van der Waals surface area (Å²) in [5.74, 6) is -0.283. The molecule has 6 heteroatoms. The number of carbonyl (C=O) groups excluding carboxylic acids is 1. The van der Waals surface area contributed by atoms with Crippen molar-refractivity contribution in [2.24, 2.45) is 4.40 Å². The number of amidine groups is 1. The number of sulfonamides is 1. The SMILES string of the molecule is CN(C(=O)c1ccccc1)/C(=N/S(=O)(=O)c1ccccc1)c1ccccc1. The van der Waals surface area contributed by atoms with Crippen LogP contribution >= 0.6 is 0 Å². The number of benzene rings is 3. The lowest BCUT2D eigenvalue weighted by molar-refractivity contribution is 0.0871. The van der Waals surface area contributed by atoms with Crippen LogP contribution in [0.2, 0.25) is 0 Å². The summed E-state index contributed by atoms with van der Waals surface area (Å²) in [6, 6.07) is 25.4. The third kappa shape index (κ3) is 4.30. The Morgan fingerprint density at radius 1 is 0.741 bits per heavy atom. The number of hydrogen-bond acceptors (Lipinski definition) is 3. The zero-order valence-corrected chi connectivity index (χ0v) is 15.5. The molecule has 0 aromatic heterocycles. The quantitative estimate of drug-likeness (QED) is 0.515. The fourth-order valence-corrected chi connectivity index (χ4v) is 3.59. The monoisotopic (exact) mass is 378 g/mol. The Balaban J connectivity index is 2.09. The molecule has 1 amide bonds. The summed E-state index contributed by atoms with van der Waals surface area (Å²) in [6.45, 7) is 0. The standard InChI is InChI=1S/C21H18N2O3S/c1-23(21(24)18-13-7-3-8-14-18)20(17-11-5-2-6-12-17)22-27(25,26)19-15-9-4-10-16-19/h2-16H,1H3/b22-20+.